The van der Waals surface area contributed by atoms with Crippen molar-refractivity contribution in [1.29, 1.82) is 0 Å². The van der Waals surface area contributed by atoms with Gasteiger partial charge in [0.1, 0.15) is 17.6 Å². The summed E-state index contributed by atoms with van der Waals surface area (Å²) in [4.78, 5) is 44.2. The normalized spacial score (nSPS) is 20.8. The third-order valence-corrected chi connectivity index (χ3v) is 9.03. The van der Waals surface area contributed by atoms with Crippen molar-refractivity contribution in [1.82, 2.24) is 4.98 Å². The standard InChI is InChI=1S/C27H19ClN2O4S2/c28-17-9-11-18(12-10-17)30-25(31)21-20(22-24(29-27(33)36-22)35-23(21)26(30)32)16-7-4-8-19(13-16)34-14-15-5-2-1-3-6-15/h1-13,20-21,23H,14H2,(H,29,33)/t20-,21?,23?/m1/s1. The molecule has 1 N–H and O–H groups in total. The van der Waals surface area contributed by atoms with Crippen molar-refractivity contribution in [2.24, 2.45) is 5.92 Å². The number of hydrogen-bond donors (Lipinski definition) is 1. The van der Waals surface area contributed by atoms with Crippen LogP contribution in [0, 0.1) is 5.92 Å². The molecule has 0 aliphatic carbocycles. The fourth-order valence-corrected chi connectivity index (χ4v) is 7.40. The van der Waals surface area contributed by atoms with Crippen LogP contribution < -0.4 is 14.5 Å². The lowest BCUT2D eigenvalue weighted by atomic mass is 9.83. The number of hydrogen-bond acceptors (Lipinski definition) is 6. The fourth-order valence-electron chi connectivity index (χ4n) is 4.76. The average molecular weight is 535 g/mol. The summed E-state index contributed by atoms with van der Waals surface area (Å²) in [6.45, 7) is 0.404. The molecule has 3 aromatic carbocycles. The van der Waals surface area contributed by atoms with Gasteiger partial charge in [0, 0.05) is 15.8 Å². The lowest BCUT2D eigenvalue weighted by Crippen LogP contribution is -2.32. The number of ether oxygens (including phenoxy) is 1. The van der Waals surface area contributed by atoms with E-state index in [1.54, 1.807) is 24.3 Å². The molecule has 2 amide bonds. The van der Waals surface area contributed by atoms with Crippen molar-refractivity contribution in [3.8, 4) is 5.75 Å². The Kier molecular flexibility index (Phi) is 5.95. The fraction of sp³-hybridized carbons (Fsp3) is 0.148. The molecule has 9 heteroatoms. The van der Waals surface area contributed by atoms with E-state index in [1.807, 2.05) is 54.6 Å². The number of thioether (sulfide) groups is 1. The highest BCUT2D eigenvalue weighted by atomic mass is 35.5. The summed E-state index contributed by atoms with van der Waals surface area (Å²) >= 11 is 8.37. The Morgan fingerprint density at radius 2 is 1.69 bits per heavy atom. The monoisotopic (exact) mass is 534 g/mol. The molecular weight excluding hydrogens is 516 g/mol. The van der Waals surface area contributed by atoms with Gasteiger partial charge in [-0.05, 0) is 47.5 Å². The molecule has 1 fully saturated rings. The molecule has 3 heterocycles. The van der Waals surface area contributed by atoms with Crippen LogP contribution in [0.4, 0.5) is 5.69 Å². The summed E-state index contributed by atoms with van der Waals surface area (Å²) in [6.07, 6.45) is 0. The summed E-state index contributed by atoms with van der Waals surface area (Å²) in [5.41, 5.74) is 2.35. The summed E-state index contributed by atoms with van der Waals surface area (Å²) in [6, 6.07) is 24.1. The predicted octanol–water partition coefficient (Wildman–Crippen LogP) is 5.46. The van der Waals surface area contributed by atoms with Gasteiger partial charge in [-0.1, -0.05) is 77.2 Å². The van der Waals surface area contributed by atoms with Gasteiger partial charge in [0.25, 0.3) is 0 Å². The number of nitrogens with zero attached hydrogens (tertiary/aromatic N) is 1. The minimum Gasteiger partial charge on any atom is -0.489 e. The third kappa shape index (κ3) is 4.05. The van der Waals surface area contributed by atoms with E-state index in [-0.39, 0.29) is 16.7 Å². The Hall–Kier alpha value is -3.33. The van der Waals surface area contributed by atoms with Crippen molar-refractivity contribution in [3.05, 3.63) is 110 Å². The van der Waals surface area contributed by atoms with Gasteiger partial charge < -0.3 is 9.72 Å². The van der Waals surface area contributed by atoms with Crippen LogP contribution in [0.1, 0.15) is 21.9 Å². The molecule has 180 valence electrons. The molecule has 6 rings (SSSR count). The third-order valence-electron chi connectivity index (χ3n) is 6.37. The summed E-state index contributed by atoms with van der Waals surface area (Å²) < 4.78 is 6.03. The number of thiazole rings is 1. The van der Waals surface area contributed by atoms with Crippen LogP contribution in [-0.2, 0) is 16.2 Å². The van der Waals surface area contributed by atoms with E-state index in [4.69, 9.17) is 16.3 Å². The highest BCUT2D eigenvalue weighted by molar-refractivity contribution is 8.00. The first-order valence-electron chi connectivity index (χ1n) is 11.3. The van der Waals surface area contributed by atoms with Crippen LogP contribution in [0.5, 0.6) is 5.75 Å². The summed E-state index contributed by atoms with van der Waals surface area (Å²) in [5, 5.41) is 0.519. The molecule has 2 unspecified atom stereocenters. The molecule has 3 atom stereocenters. The number of fused-ring (bicyclic) bond motifs is 2. The number of halogens is 1. The Morgan fingerprint density at radius 3 is 2.47 bits per heavy atom. The van der Waals surface area contributed by atoms with Gasteiger partial charge in [0.05, 0.1) is 16.6 Å². The zero-order valence-corrected chi connectivity index (χ0v) is 21.1. The second-order valence-corrected chi connectivity index (χ2v) is 11.2. The first-order chi connectivity index (χ1) is 17.5. The summed E-state index contributed by atoms with van der Waals surface area (Å²) in [5.74, 6) is -1.03. The van der Waals surface area contributed by atoms with Crippen LogP contribution in [0.25, 0.3) is 0 Å². The zero-order chi connectivity index (χ0) is 24.8. The van der Waals surface area contributed by atoms with E-state index in [1.165, 1.54) is 16.7 Å². The van der Waals surface area contributed by atoms with Crippen LogP contribution in [0.15, 0.2) is 88.7 Å². The van der Waals surface area contributed by atoms with Crippen LogP contribution in [0.3, 0.4) is 0 Å². The van der Waals surface area contributed by atoms with E-state index in [0.717, 1.165) is 27.3 Å². The van der Waals surface area contributed by atoms with E-state index in [9.17, 15) is 14.4 Å². The number of H-pyrrole nitrogens is 1. The maximum Gasteiger partial charge on any atom is 0.305 e. The van der Waals surface area contributed by atoms with Gasteiger partial charge in [0.15, 0.2) is 0 Å². The zero-order valence-electron chi connectivity index (χ0n) is 18.7. The number of carbonyl (C=O) groups excluding carboxylic acids is 2. The molecule has 4 aromatic rings. The van der Waals surface area contributed by atoms with Crippen molar-refractivity contribution in [3.63, 3.8) is 0 Å². The smallest absolute Gasteiger partial charge is 0.305 e. The van der Waals surface area contributed by atoms with Crippen LogP contribution in [-0.4, -0.2) is 22.0 Å². The maximum absolute atomic E-state index is 13.8. The molecule has 0 bridgehead atoms. The van der Waals surface area contributed by atoms with E-state index >= 15 is 0 Å². The molecular formula is C27H19ClN2O4S2. The van der Waals surface area contributed by atoms with Crippen LogP contribution >= 0.6 is 34.7 Å². The second kappa shape index (κ2) is 9.28. The number of aromatic nitrogens is 1. The number of anilines is 1. The van der Waals surface area contributed by atoms with Gasteiger partial charge in [0.2, 0.25) is 11.8 Å². The van der Waals surface area contributed by atoms with Crippen molar-refractivity contribution >= 4 is 52.2 Å². The Balaban J connectivity index is 1.38. The lowest BCUT2D eigenvalue weighted by Gasteiger charge is -2.30. The van der Waals surface area contributed by atoms with Crippen LogP contribution in [0.2, 0.25) is 5.02 Å². The molecule has 2 aliphatic rings. The molecule has 0 saturated carbocycles. The number of nitrogens with one attached hydrogen (secondary N) is 1. The van der Waals surface area contributed by atoms with Gasteiger partial charge in [-0.3, -0.25) is 14.4 Å². The minimum absolute atomic E-state index is 0.205. The Morgan fingerprint density at radius 1 is 0.917 bits per heavy atom. The topological polar surface area (TPSA) is 79.5 Å². The number of aromatic amines is 1. The summed E-state index contributed by atoms with van der Waals surface area (Å²) in [7, 11) is 0. The first-order valence-corrected chi connectivity index (χ1v) is 13.4. The van der Waals surface area contributed by atoms with E-state index < -0.39 is 17.1 Å². The number of imide groups is 1. The van der Waals surface area contributed by atoms with E-state index in [0.29, 0.717) is 28.1 Å². The van der Waals surface area contributed by atoms with Gasteiger partial charge in [-0.15, -0.1) is 0 Å². The van der Waals surface area contributed by atoms with Crippen molar-refractivity contribution in [2.45, 2.75) is 22.8 Å². The van der Waals surface area contributed by atoms with E-state index in [2.05, 4.69) is 4.98 Å². The molecule has 0 radical (unpaired) electrons. The molecule has 2 aliphatic heterocycles. The quantitative estimate of drug-likeness (QED) is 0.344. The highest BCUT2D eigenvalue weighted by Crippen LogP contribution is 2.53. The molecule has 1 aromatic heterocycles. The van der Waals surface area contributed by atoms with Gasteiger partial charge in [-0.2, -0.15) is 0 Å². The first kappa shape index (κ1) is 23.1. The number of rotatable bonds is 5. The molecule has 1 saturated heterocycles. The van der Waals surface area contributed by atoms with Crippen molar-refractivity contribution in [2.75, 3.05) is 4.90 Å². The minimum atomic E-state index is -0.651. The van der Waals surface area contributed by atoms with Gasteiger partial charge >= 0.3 is 4.87 Å². The molecule has 6 nitrogen and oxygen atoms in total. The second-order valence-electron chi connectivity index (χ2n) is 8.58. The predicted molar refractivity (Wildman–Crippen MR) is 141 cm³/mol. The Labute approximate surface area is 219 Å². The van der Waals surface area contributed by atoms with Gasteiger partial charge in [-0.25, -0.2) is 4.90 Å². The number of carbonyl (C=O) groups is 2. The number of amides is 2. The molecule has 0 spiro atoms. The number of benzene rings is 3. The SMILES string of the molecule is O=C1C2Sc3[nH]c(=O)sc3[C@H](c3cccc(OCc4ccccc4)c3)C2C(=O)N1c1ccc(Cl)cc1. The Bertz CT molecular complexity index is 1520. The van der Waals surface area contributed by atoms with Crippen molar-refractivity contribution < 1.29 is 14.3 Å². The average Bonchev–Trinajstić information content (AvgIpc) is 3.38. The molecule has 36 heavy (non-hydrogen) atoms. The highest BCUT2D eigenvalue weighted by Gasteiger charge is 2.56. The largest absolute Gasteiger partial charge is 0.489 e. The lowest BCUT2D eigenvalue weighted by molar-refractivity contribution is -0.122. The maximum atomic E-state index is 13.8.